The SMILES string of the molecule is CC(=O)[B]c1cc(I)c(O)c([N+](=O)[O-])c1. The summed E-state index contributed by atoms with van der Waals surface area (Å²) in [6, 6.07) is 2.67. The number of benzene rings is 1. The number of phenols is 1. The zero-order valence-electron chi connectivity index (χ0n) is 7.73. The summed E-state index contributed by atoms with van der Waals surface area (Å²) in [5.74, 6) is -0.374. The molecule has 0 fully saturated rings. The first-order chi connectivity index (χ1) is 6.91. The first-order valence-electron chi connectivity index (χ1n) is 3.94. The molecule has 5 nitrogen and oxygen atoms in total. The molecule has 1 rings (SSSR count). The molecule has 1 N–H and O–H groups in total. The van der Waals surface area contributed by atoms with Crippen molar-refractivity contribution in [1.29, 1.82) is 0 Å². The van der Waals surface area contributed by atoms with Crippen molar-refractivity contribution in [3.05, 3.63) is 25.8 Å². The highest BCUT2D eigenvalue weighted by Crippen LogP contribution is 2.29. The van der Waals surface area contributed by atoms with Crippen molar-refractivity contribution in [3.63, 3.8) is 0 Å². The predicted octanol–water partition coefficient (Wildman–Crippen LogP) is 0.781. The van der Waals surface area contributed by atoms with Crippen molar-refractivity contribution in [3.8, 4) is 5.75 Å². The van der Waals surface area contributed by atoms with Gasteiger partial charge in [0.15, 0.2) is 0 Å². The second kappa shape index (κ2) is 4.60. The number of aromatic hydroxyl groups is 1. The van der Waals surface area contributed by atoms with E-state index in [0.717, 1.165) is 0 Å². The molecule has 1 aromatic carbocycles. The van der Waals surface area contributed by atoms with Crippen LogP contribution in [-0.2, 0) is 4.79 Å². The fourth-order valence-electron chi connectivity index (χ4n) is 1.06. The summed E-state index contributed by atoms with van der Waals surface area (Å²) < 4.78 is 0.342. The molecule has 0 amide bonds. The maximum absolute atomic E-state index is 10.8. The molecular formula is C8H6BINO4. The third kappa shape index (κ3) is 2.91. The zero-order chi connectivity index (χ0) is 11.6. The van der Waals surface area contributed by atoms with Crippen LogP contribution in [0.4, 0.5) is 5.69 Å². The minimum absolute atomic E-state index is 0.203. The van der Waals surface area contributed by atoms with Gasteiger partial charge in [0, 0.05) is 6.07 Å². The van der Waals surface area contributed by atoms with Gasteiger partial charge in [0.05, 0.1) is 14.2 Å². The molecule has 7 heteroatoms. The largest absolute Gasteiger partial charge is 0.501 e. The number of carbonyl (C=O) groups is 1. The maximum atomic E-state index is 10.8. The summed E-state index contributed by atoms with van der Waals surface area (Å²) in [6.45, 7) is 1.35. The van der Waals surface area contributed by atoms with E-state index in [1.165, 1.54) is 26.3 Å². The van der Waals surface area contributed by atoms with Crippen LogP contribution in [0.25, 0.3) is 0 Å². The van der Waals surface area contributed by atoms with Crippen molar-refractivity contribution in [2.75, 3.05) is 0 Å². The zero-order valence-corrected chi connectivity index (χ0v) is 9.89. The van der Waals surface area contributed by atoms with Gasteiger partial charge in [-0.25, -0.2) is 0 Å². The summed E-state index contributed by atoms with van der Waals surface area (Å²) >= 11 is 1.77. The molecule has 0 heterocycles. The number of nitrogens with zero attached hydrogens (tertiary/aromatic N) is 1. The molecule has 0 unspecified atom stereocenters. The molecule has 0 saturated carbocycles. The van der Waals surface area contributed by atoms with E-state index >= 15 is 0 Å². The van der Waals surface area contributed by atoms with Crippen LogP contribution < -0.4 is 5.46 Å². The maximum Gasteiger partial charge on any atom is 0.311 e. The minimum atomic E-state index is -0.686. The van der Waals surface area contributed by atoms with Gasteiger partial charge >= 0.3 is 5.69 Å². The topological polar surface area (TPSA) is 80.4 Å². The fourth-order valence-corrected chi connectivity index (χ4v) is 1.70. The quantitative estimate of drug-likeness (QED) is 0.387. The summed E-state index contributed by atoms with van der Waals surface area (Å²) in [6.07, 6.45) is 0. The van der Waals surface area contributed by atoms with E-state index in [4.69, 9.17) is 0 Å². The van der Waals surface area contributed by atoms with Crippen LogP contribution in [0.1, 0.15) is 6.92 Å². The van der Waals surface area contributed by atoms with E-state index < -0.39 is 10.6 Å². The van der Waals surface area contributed by atoms with Crippen LogP contribution in [0.5, 0.6) is 5.75 Å². The smallest absolute Gasteiger partial charge is 0.311 e. The van der Waals surface area contributed by atoms with Gasteiger partial charge in [-0.15, -0.1) is 0 Å². The van der Waals surface area contributed by atoms with E-state index in [-0.39, 0.29) is 11.4 Å². The Morgan fingerprint density at radius 2 is 2.20 bits per heavy atom. The van der Waals surface area contributed by atoms with Gasteiger partial charge in [-0.2, -0.15) is 0 Å². The first kappa shape index (κ1) is 12.0. The number of nitro groups is 1. The Bertz CT molecular complexity index is 435. The Labute approximate surface area is 100 Å². The van der Waals surface area contributed by atoms with E-state index in [1.807, 2.05) is 0 Å². The molecule has 0 aromatic heterocycles. The van der Waals surface area contributed by atoms with Crippen molar-refractivity contribution in [1.82, 2.24) is 0 Å². The van der Waals surface area contributed by atoms with Crippen LogP contribution in [0.3, 0.4) is 0 Å². The Morgan fingerprint density at radius 1 is 1.60 bits per heavy atom. The highest BCUT2D eigenvalue weighted by Gasteiger charge is 2.18. The highest BCUT2D eigenvalue weighted by molar-refractivity contribution is 14.1. The van der Waals surface area contributed by atoms with E-state index in [1.54, 1.807) is 22.6 Å². The molecule has 0 aliphatic carbocycles. The van der Waals surface area contributed by atoms with E-state index in [2.05, 4.69) is 0 Å². The first-order valence-corrected chi connectivity index (χ1v) is 5.02. The van der Waals surface area contributed by atoms with Gasteiger partial charge in [-0.3, -0.25) is 10.1 Å². The molecule has 1 aromatic rings. The van der Waals surface area contributed by atoms with Gasteiger partial charge in [0.25, 0.3) is 0 Å². The van der Waals surface area contributed by atoms with Crippen LogP contribution >= 0.6 is 22.6 Å². The molecule has 0 aliphatic heterocycles. The molecule has 15 heavy (non-hydrogen) atoms. The van der Waals surface area contributed by atoms with Gasteiger partial charge in [0.2, 0.25) is 13.0 Å². The van der Waals surface area contributed by atoms with E-state index in [9.17, 15) is 20.0 Å². The molecule has 0 atom stereocenters. The number of nitro benzene ring substituents is 1. The van der Waals surface area contributed by atoms with Crippen molar-refractivity contribution < 1.29 is 14.8 Å². The molecule has 0 bridgehead atoms. The third-order valence-corrected chi connectivity index (χ3v) is 2.45. The summed E-state index contributed by atoms with van der Waals surface area (Å²) in [4.78, 5) is 20.7. The molecule has 0 aliphatic rings. The minimum Gasteiger partial charge on any atom is -0.501 e. The summed E-state index contributed by atoms with van der Waals surface area (Å²) in [7, 11) is 1.27. The predicted molar refractivity (Wildman–Crippen MR) is 63.5 cm³/mol. The normalized spacial score (nSPS) is 9.73. The molecule has 1 radical (unpaired) electrons. The lowest BCUT2D eigenvalue weighted by molar-refractivity contribution is -0.385. The number of phenolic OH excluding ortho intramolecular Hbond substituents is 1. The van der Waals surface area contributed by atoms with Gasteiger partial charge < -0.3 is 9.90 Å². The van der Waals surface area contributed by atoms with Crippen LogP contribution in [0.15, 0.2) is 12.1 Å². The van der Waals surface area contributed by atoms with Crippen molar-refractivity contribution in [2.45, 2.75) is 6.92 Å². The lowest BCUT2D eigenvalue weighted by Gasteiger charge is -2.02. The number of hydrogen-bond donors (Lipinski definition) is 1. The van der Waals surface area contributed by atoms with Crippen LogP contribution in [0, 0.1) is 13.7 Å². The summed E-state index contributed by atoms with van der Waals surface area (Å²) in [5.41, 5.74) is -0.184. The number of rotatable bonds is 3. The lowest BCUT2D eigenvalue weighted by Crippen LogP contribution is -2.22. The summed E-state index contributed by atoms with van der Waals surface area (Å²) in [5, 5.41) is 19.9. The Kier molecular flexibility index (Phi) is 3.67. The average molecular weight is 318 g/mol. The van der Waals surface area contributed by atoms with Crippen molar-refractivity contribution >= 4 is 46.7 Å². The molecule has 0 spiro atoms. The van der Waals surface area contributed by atoms with E-state index in [0.29, 0.717) is 9.03 Å². The third-order valence-electron chi connectivity index (χ3n) is 1.63. The molecular weight excluding hydrogens is 312 g/mol. The second-order valence-electron chi connectivity index (χ2n) is 2.88. The second-order valence-corrected chi connectivity index (χ2v) is 4.04. The number of carbonyl (C=O) groups excluding carboxylic acids is 1. The Balaban J connectivity index is 3.23. The van der Waals surface area contributed by atoms with Gasteiger partial charge in [-0.1, -0.05) is 11.5 Å². The fraction of sp³-hybridized carbons (Fsp3) is 0.125. The molecule has 77 valence electrons. The highest BCUT2D eigenvalue weighted by atomic mass is 127. The average Bonchev–Trinajstić information content (AvgIpc) is 2.09. The molecule has 0 saturated heterocycles. The van der Waals surface area contributed by atoms with Gasteiger partial charge in [-0.05, 0) is 29.5 Å². The Morgan fingerprint density at radius 3 is 2.67 bits per heavy atom. The number of hydrogen-bond acceptors (Lipinski definition) is 4. The van der Waals surface area contributed by atoms with Crippen molar-refractivity contribution in [2.24, 2.45) is 0 Å². The van der Waals surface area contributed by atoms with Crippen LogP contribution in [0.2, 0.25) is 0 Å². The van der Waals surface area contributed by atoms with Gasteiger partial charge in [0.1, 0.15) is 0 Å². The monoisotopic (exact) mass is 318 g/mol. The lowest BCUT2D eigenvalue weighted by atomic mass is 9.67. The van der Waals surface area contributed by atoms with Crippen LogP contribution in [-0.4, -0.2) is 23.0 Å². The number of halogens is 1. The Hall–Kier alpha value is -1.12. The standard InChI is InChI=1S/C8H6BINO4/c1-4(12)9-5-2-6(10)8(13)7(3-5)11(14)15/h2-3,13H,1H3.